The molecule has 0 amide bonds. The summed E-state index contributed by atoms with van der Waals surface area (Å²) in [7, 11) is 0. The fourth-order valence-electron chi connectivity index (χ4n) is 0. The molecule has 0 nitrogen and oxygen atoms in total. The molecule has 0 aromatic carbocycles. The van der Waals surface area contributed by atoms with Crippen molar-refractivity contribution in [3.8, 4) is 0 Å². The third kappa shape index (κ3) is 8.83. The number of rotatable bonds is 0. The molecule has 18 valence electrons. The second kappa shape index (κ2) is 18.1. The van der Waals surface area contributed by atoms with Crippen molar-refractivity contribution < 1.29 is 34.1 Å². The smallest absolute Gasteiger partial charge is 0 e. The van der Waals surface area contributed by atoms with Crippen molar-refractivity contribution in [1.82, 2.24) is 0 Å². The van der Waals surface area contributed by atoms with E-state index in [-0.39, 0.29) is 76.1 Å². The molecule has 0 aliphatic carbocycles. The molecule has 4 heteroatoms. The number of hydrogen-bond donors (Lipinski definition) is 0. The second-order valence-corrected chi connectivity index (χ2v) is 0. The normalized spacial score (nSPS) is 0. The Kier molecular flexibility index (Phi) is 147. The zero-order valence-corrected chi connectivity index (χ0v) is 6.14. The molecule has 0 unspecified atom stereocenters. The van der Waals surface area contributed by atoms with E-state index in [0.717, 1.165) is 0 Å². The van der Waals surface area contributed by atoms with Gasteiger partial charge in [-0.15, -0.1) is 0 Å². The summed E-state index contributed by atoms with van der Waals surface area (Å²) in [4.78, 5) is 0. The van der Waals surface area contributed by atoms with Crippen LogP contribution in [0, 0.1) is 0 Å². The topological polar surface area (TPSA) is 0 Å². The van der Waals surface area contributed by atoms with Crippen molar-refractivity contribution in [1.29, 1.82) is 0 Å². The molecule has 0 aromatic heterocycles. The maximum atomic E-state index is 0. The third-order valence-corrected chi connectivity index (χ3v) is 0. The summed E-state index contributed by atoms with van der Waals surface area (Å²) in [6.07, 6.45) is 0. The Morgan fingerprint density at radius 1 is 1.00 bits per heavy atom. The van der Waals surface area contributed by atoms with Gasteiger partial charge in [0.1, 0.15) is 0 Å². The van der Waals surface area contributed by atoms with Crippen molar-refractivity contribution >= 4 is 41.9 Å². The predicted octanol–water partition coefficient (Wildman–Crippen LogP) is -0.767. The molecule has 0 bridgehead atoms. The molecule has 0 fully saturated rings. The monoisotopic (exact) mass is 142 g/mol. The minimum Gasteiger partial charge on any atom is 0 e. The van der Waals surface area contributed by atoms with E-state index >= 15 is 0 Å². The zero-order valence-electron chi connectivity index (χ0n) is 2.44. The van der Waals surface area contributed by atoms with Crippen molar-refractivity contribution in [3.63, 3.8) is 0 Å². The largest absolute Gasteiger partial charge is 0 e. The first-order chi connectivity index (χ1) is 0. The van der Waals surface area contributed by atoms with E-state index in [2.05, 4.69) is 0 Å². The second-order valence-electron chi connectivity index (χ2n) is 0. The summed E-state index contributed by atoms with van der Waals surface area (Å²) in [6.45, 7) is 0. The van der Waals surface area contributed by atoms with E-state index in [1.807, 2.05) is 0 Å². The molecule has 0 aliphatic heterocycles. The third-order valence-electron chi connectivity index (χ3n) is 0. The van der Waals surface area contributed by atoms with E-state index in [0.29, 0.717) is 0 Å². The average Bonchev–Trinajstić information content (AvgIpc) is 0. The summed E-state index contributed by atoms with van der Waals surface area (Å²) in [5.74, 6) is 0. The van der Waals surface area contributed by atoms with Crippen LogP contribution in [0.25, 0.3) is 0 Å². The van der Waals surface area contributed by atoms with Crippen LogP contribution in [0.1, 0.15) is 0 Å². The first-order valence-electron chi connectivity index (χ1n) is 0. The van der Waals surface area contributed by atoms with Gasteiger partial charge in [-0.2, -0.15) is 0 Å². The first-order valence-corrected chi connectivity index (χ1v) is 0. The molecule has 0 atom stereocenters. The van der Waals surface area contributed by atoms with Crippen LogP contribution >= 0.6 is 0 Å². The van der Waals surface area contributed by atoms with Gasteiger partial charge in [-0.05, 0) is 0 Å². The van der Waals surface area contributed by atoms with Gasteiger partial charge in [0.2, 0.25) is 0 Å². The van der Waals surface area contributed by atoms with Gasteiger partial charge in [0.15, 0.2) is 0 Å². The van der Waals surface area contributed by atoms with E-state index in [1.54, 1.807) is 0 Å². The van der Waals surface area contributed by atoms with Gasteiger partial charge in [-0.25, -0.2) is 0 Å². The van der Waals surface area contributed by atoms with Crippen molar-refractivity contribution in [3.05, 3.63) is 0 Å². The fourth-order valence-corrected chi connectivity index (χ4v) is 0. The van der Waals surface area contributed by atoms with Gasteiger partial charge in [-0.1, -0.05) is 0 Å². The Balaban J connectivity index is 0. The van der Waals surface area contributed by atoms with Crippen molar-refractivity contribution in [2.75, 3.05) is 0 Å². The molecule has 0 aromatic rings. The van der Waals surface area contributed by atoms with Crippen LogP contribution in [0.4, 0.5) is 0 Å². The molecule has 0 saturated carbocycles. The Hall–Kier alpha value is 2.40. The molecule has 0 heterocycles. The van der Waals surface area contributed by atoms with Crippen LogP contribution in [0.5, 0.6) is 0 Å². The van der Waals surface area contributed by atoms with E-state index in [9.17, 15) is 0 Å². The molecule has 4 radical (unpaired) electrons. The Morgan fingerprint density at radius 3 is 1.00 bits per heavy atom. The van der Waals surface area contributed by atoms with Gasteiger partial charge >= 0.3 is 0 Å². The maximum Gasteiger partial charge on any atom is 0 e. The minimum atomic E-state index is 0. The molecular weight excluding hydrogens is 142 g/mol. The summed E-state index contributed by atoms with van der Waals surface area (Å²) in [6, 6.07) is 0. The molecule has 0 N–H and O–H groups in total. The van der Waals surface area contributed by atoms with Crippen LogP contribution in [-0.2, 0) is 34.1 Å². The van der Waals surface area contributed by atoms with Crippen LogP contribution in [0.15, 0.2) is 0 Å². The van der Waals surface area contributed by atoms with E-state index < -0.39 is 0 Å². The van der Waals surface area contributed by atoms with Crippen LogP contribution in [-0.4, -0.2) is 41.9 Å². The van der Waals surface area contributed by atoms with Gasteiger partial charge in [0.25, 0.3) is 0 Å². The Labute approximate surface area is 75.1 Å². The van der Waals surface area contributed by atoms with Crippen molar-refractivity contribution in [2.45, 2.75) is 0 Å². The van der Waals surface area contributed by atoms with Gasteiger partial charge < -0.3 is 0 Å². The standard InChI is InChI=1S/Fe.Li.Mg.Mn. The molecule has 4 heavy (non-hydrogen) atoms. The molecule has 0 aliphatic rings. The molecular formula is FeLiMgMn. The SMILES string of the molecule is [Fe].[Li].[Mg].[Mn]. The average molecular weight is 142 g/mol. The zero-order chi connectivity index (χ0) is 0. The van der Waals surface area contributed by atoms with Gasteiger partial charge in [0, 0.05) is 76.1 Å². The maximum absolute atomic E-state index is 0. The van der Waals surface area contributed by atoms with Crippen LogP contribution in [0.3, 0.4) is 0 Å². The van der Waals surface area contributed by atoms with Crippen LogP contribution < -0.4 is 0 Å². The van der Waals surface area contributed by atoms with Crippen LogP contribution in [0.2, 0.25) is 0 Å². The Morgan fingerprint density at radius 2 is 1.00 bits per heavy atom. The Bertz CT molecular complexity index is 8.00. The predicted molar refractivity (Wildman–Crippen MR) is 11.5 cm³/mol. The fraction of sp³-hybridized carbons (Fsp3) is 0. The molecule has 0 rings (SSSR count). The quantitative estimate of drug-likeness (QED) is 0.390. The molecule has 0 saturated heterocycles. The summed E-state index contributed by atoms with van der Waals surface area (Å²) < 4.78 is 0. The summed E-state index contributed by atoms with van der Waals surface area (Å²) >= 11 is 0. The van der Waals surface area contributed by atoms with E-state index in [1.165, 1.54) is 0 Å². The minimum absolute atomic E-state index is 0. The van der Waals surface area contributed by atoms with Crippen molar-refractivity contribution in [2.24, 2.45) is 0 Å². The van der Waals surface area contributed by atoms with Gasteiger partial charge in [0.05, 0.1) is 0 Å². The summed E-state index contributed by atoms with van der Waals surface area (Å²) in [5.41, 5.74) is 0. The first kappa shape index (κ1) is 32.4. The van der Waals surface area contributed by atoms with Gasteiger partial charge in [-0.3, -0.25) is 0 Å². The molecule has 0 spiro atoms. The van der Waals surface area contributed by atoms with E-state index in [4.69, 9.17) is 0 Å². The number of hydrogen-bond acceptors (Lipinski definition) is 0. The summed E-state index contributed by atoms with van der Waals surface area (Å²) in [5, 5.41) is 0.